The first-order chi connectivity index (χ1) is 10.3. The van der Waals surface area contributed by atoms with E-state index in [1.807, 2.05) is 40.8 Å². The number of carbonyl (C=O) groups is 1. The van der Waals surface area contributed by atoms with E-state index in [2.05, 4.69) is 12.1 Å². The molecule has 1 atom stereocenters. The molecule has 1 amide bonds. The summed E-state index contributed by atoms with van der Waals surface area (Å²) < 4.78 is 5.48. The molecular formula is C17H19NO2S. The fraction of sp³-hybridized carbons (Fsp3) is 0.353. The number of hydrogen-bond donors (Lipinski definition) is 0. The summed E-state index contributed by atoms with van der Waals surface area (Å²) in [6.07, 6.45) is 2.09. The Labute approximate surface area is 129 Å². The van der Waals surface area contributed by atoms with Crippen molar-refractivity contribution in [2.45, 2.75) is 25.8 Å². The van der Waals surface area contributed by atoms with Crippen molar-refractivity contribution in [1.82, 2.24) is 4.90 Å². The van der Waals surface area contributed by atoms with E-state index in [-0.39, 0.29) is 11.9 Å². The van der Waals surface area contributed by atoms with Gasteiger partial charge in [-0.05, 0) is 48.9 Å². The van der Waals surface area contributed by atoms with Gasteiger partial charge in [-0.25, -0.2) is 0 Å². The maximum atomic E-state index is 12.6. The zero-order valence-electron chi connectivity index (χ0n) is 12.1. The fourth-order valence-electron chi connectivity index (χ4n) is 2.86. The Balaban J connectivity index is 1.79. The molecular weight excluding hydrogens is 282 g/mol. The van der Waals surface area contributed by atoms with Gasteiger partial charge in [0.15, 0.2) is 0 Å². The van der Waals surface area contributed by atoms with E-state index < -0.39 is 0 Å². The van der Waals surface area contributed by atoms with E-state index in [1.54, 1.807) is 11.3 Å². The normalized spacial score (nSPS) is 18.0. The van der Waals surface area contributed by atoms with Crippen LogP contribution in [0.1, 0.15) is 41.7 Å². The molecule has 2 heterocycles. The minimum absolute atomic E-state index is 0.146. The van der Waals surface area contributed by atoms with Crippen molar-refractivity contribution in [3.8, 4) is 5.75 Å². The van der Waals surface area contributed by atoms with Gasteiger partial charge in [-0.2, -0.15) is 11.3 Å². The topological polar surface area (TPSA) is 29.5 Å². The Kier molecular flexibility index (Phi) is 4.25. The van der Waals surface area contributed by atoms with Gasteiger partial charge in [0.25, 0.3) is 5.91 Å². The molecule has 0 saturated carbocycles. The highest BCUT2D eigenvalue weighted by Gasteiger charge is 2.30. The van der Waals surface area contributed by atoms with E-state index in [0.29, 0.717) is 6.61 Å². The van der Waals surface area contributed by atoms with Crippen LogP contribution < -0.4 is 4.74 Å². The maximum Gasteiger partial charge on any atom is 0.255 e. The minimum atomic E-state index is 0.146. The van der Waals surface area contributed by atoms with Crippen LogP contribution in [-0.4, -0.2) is 24.0 Å². The molecule has 1 aliphatic heterocycles. The first-order valence-electron chi connectivity index (χ1n) is 7.35. The highest BCUT2D eigenvalue weighted by atomic mass is 32.1. The summed E-state index contributed by atoms with van der Waals surface area (Å²) in [6.45, 7) is 3.49. The largest absolute Gasteiger partial charge is 0.494 e. The zero-order valence-corrected chi connectivity index (χ0v) is 12.9. The Morgan fingerprint density at radius 3 is 2.81 bits per heavy atom. The quantitative estimate of drug-likeness (QED) is 0.850. The third kappa shape index (κ3) is 2.95. The lowest BCUT2D eigenvalue weighted by Crippen LogP contribution is -2.30. The van der Waals surface area contributed by atoms with E-state index in [0.717, 1.165) is 30.7 Å². The third-order valence-electron chi connectivity index (χ3n) is 3.86. The Morgan fingerprint density at radius 2 is 2.14 bits per heavy atom. The predicted octanol–water partition coefficient (Wildman–Crippen LogP) is 4.12. The molecule has 21 heavy (non-hydrogen) atoms. The highest BCUT2D eigenvalue weighted by molar-refractivity contribution is 7.08. The monoisotopic (exact) mass is 301 g/mol. The molecule has 1 aliphatic rings. The predicted molar refractivity (Wildman–Crippen MR) is 84.9 cm³/mol. The second kappa shape index (κ2) is 6.31. The maximum absolute atomic E-state index is 12.6. The van der Waals surface area contributed by atoms with Crippen molar-refractivity contribution < 1.29 is 9.53 Å². The fourth-order valence-corrected chi connectivity index (χ4v) is 3.49. The van der Waals surface area contributed by atoms with Crippen molar-refractivity contribution in [2.24, 2.45) is 0 Å². The van der Waals surface area contributed by atoms with Gasteiger partial charge in [0.2, 0.25) is 0 Å². The number of ether oxygens (including phenoxy) is 1. The van der Waals surface area contributed by atoms with Crippen LogP contribution in [0.3, 0.4) is 0 Å². The molecule has 1 aromatic heterocycles. The summed E-state index contributed by atoms with van der Waals surface area (Å²) in [5.41, 5.74) is 2.00. The number of hydrogen-bond acceptors (Lipinski definition) is 3. The van der Waals surface area contributed by atoms with Gasteiger partial charge >= 0.3 is 0 Å². The van der Waals surface area contributed by atoms with Gasteiger partial charge in [0.05, 0.1) is 18.2 Å². The molecule has 0 aliphatic carbocycles. The summed E-state index contributed by atoms with van der Waals surface area (Å²) in [4.78, 5) is 14.6. The van der Waals surface area contributed by atoms with E-state index in [9.17, 15) is 4.79 Å². The van der Waals surface area contributed by atoms with Gasteiger partial charge in [-0.15, -0.1) is 0 Å². The summed E-state index contributed by atoms with van der Waals surface area (Å²) in [6, 6.07) is 10.2. The van der Waals surface area contributed by atoms with Crippen LogP contribution in [0.2, 0.25) is 0 Å². The van der Waals surface area contributed by atoms with E-state index >= 15 is 0 Å². The number of amides is 1. The van der Waals surface area contributed by atoms with Crippen LogP contribution in [0.4, 0.5) is 0 Å². The lowest BCUT2D eigenvalue weighted by molar-refractivity contribution is 0.0736. The number of thiophene rings is 1. The number of likely N-dealkylation sites (tertiary alicyclic amines) is 1. The Bertz CT molecular complexity index is 592. The lowest BCUT2D eigenvalue weighted by atomic mass is 10.0. The minimum Gasteiger partial charge on any atom is -0.494 e. The first-order valence-corrected chi connectivity index (χ1v) is 8.30. The highest BCUT2D eigenvalue weighted by Crippen LogP contribution is 2.34. The Hall–Kier alpha value is -1.81. The van der Waals surface area contributed by atoms with Gasteiger partial charge in [0.1, 0.15) is 5.75 Å². The molecule has 3 nitrogen and oxygen atoms in total. The molecule has 0 N–H and O–H groups in total. The average molecular weight is 301 g/mol. The molecule has 1 unspecified atom stereocenters. The van der Waals surface area contributed by atoms with Crippen LogP contribution in [0.15, 0.2) is 41.1 Å². The molecule has 1 saturated heterocycles. The number of nitrogens with zero attached hydrogens (tertiary/aromatic N) is 1. The van der Waals surface area contributed by atoms with Gasteiger partial charge in [-0.3, -0.25) is 4.79 Å². The summed E-state index contributed by atoms with van der Waals surface area (Å²) in [5.74, 6) is 1.03. The number of benzene rings is 1. The van der Waals surface area contributed by atoms with Crippen LogP contribution in [0.25, 0.3) is 0 Å². The standard InChI is InChI=1S/C17H19NO2S/c1-2-20-15-7-5-13(6-8-15)16-4-3-10-18(16)17(19)14-9-11-21-12-14/h5-9,11-12,16H,2-4,10H2,1H3. The van der Waals surface area contributed by atoms with Crippen molar-refractivity contribution in [3.05, 3.63) is 52.2 Å². The molecule has 2 aromatic rings. The van der Waals surface area contributed by atoms with Gasteiger partial charge < -0.3 is 9.64 Å². The van der Waals surface area contributed by atoms with Crippen LogP contribution in [0, 0.1) is 0 Å². The second-order valence-corrected chi connectivity index (χ2v) is 5.95. The van der Waals surface area contributed by atoms with Crippen molar-refractivity contribution >= 4 is 17.2 Å². The van der Waals surface area contributed by atoms with Gasteiger partial charge in [0, 0.05) is 11.9 Å². The molecule has 110 valence electrons. The molecule has 0 bridgehead atoms. The van der Waals surface area contributed by atoms with Crippen LogP contribution in [0.5, 0.6) is 5.75 Å². The summed E-state index contributed by atoms with van der Waals surface area (Å²) in [7, 11) is 0. The smallest absolute Gasteiger partial charge is 0.255 e. The lowest BCUT2D eigenvalue weighted by Gasteiger charge is -2.25. The van der Waals surface area contributed by atoms with Crippen molar-refractivity contribution in [3.63, 3.8) is 0 Å². The third-order valence-corrected chi connectivity index (χ3v) is 4.54. The summed E-state index contributed by atoms with van der Waals surface area (Å²) in [5, 5.41) is 3.88. The first kappa shape index (κ1) is 14.1. The van der Waals surface area contributed by atoms with E-state index in [1.165, 1.54) is 5.56 Å². The number of carbonyl (C=O) groups excluding carboxylic acids is 1. The molecule has 3 rings (SSSR count). The van der Waals surface area contributed by atoms with Crippen molar-refractivity contribution in [2.75, 3.05) is 13.2 Å². The molecule has 1 fully saturated rings. The van der Waals surface area contributed by atoms with Gasteiger partial charge in [-0.1, -0.05) is 12.1 Å². The zero-order chi connectivity index (χ0) is 14.7. The molecule has 0 radical (unpaired) electrons. The van der Waals surface area contributed by atoms with Crippen LogP contribution in [-0.2, 0) is 0 Å². The molecule has 0 spiro atoms. The van der Waals surface area contributed by atoms with Crippen LogP contribution >= 0.6 is 11.3 Å². The average Bonchev–Trinajstić information content (AvgIpc) is 3.19. The number of rotatable bonds is 4. The van der Waals surface area contributed by atoms with Crippen molar-refractivity contribution in [1.29, 1.82) is 0 Å². The molecule has 4 heteroatoms. The SMILES string of the molecule is CCOc1ccc(C2CCCN2C(=O)c2ccsc2)cc1. The second-order valence-electron chi connectivity index (χ2n) is 5.17. The van der Waals surface area contributed by atoms with E-state index in [4.69, 9.17) is 4.74 Å². The summed E-state index contributed by atoms with van der Waals surface area (Å²) >= 11 is 1.57. The molecule has 1 aromatic carbocycles. The Morgan fingerprint density at radius 1 is 1.33 bits per heavy atom.